The van der Waals surface area contributed by atoms with Crippen LogP contribution in [-0.2, 0) is 19.3 Å². The third-order valence-electron chi connectivity index (χ3n) is 2.38. The van der Waals surface area contributed by atoms with Gasteiger partial charge in [-0.15, -0.1) is 11.6 Å². The van der Waals surface area contributed by atoms with E-state index in [0.29, 0.717) is 0 Å². The van der Waals surface area contributed by atoms with Crippen molar-refractivity contribution in [3.05, 3.63) is 34.9 Å². The van der Waals surface area contributed by atoms with E-state index in [4.69, 9.17) is 11.6 Å². The maximum absolute atomic E-state index is 5.68. The first kappa shape index (κ1) is 7.17. The van der Waals surface area contributed by atoms with Crippen LogP contribution < -0.4 is 0 Å². The van der Waals surface area contributed by atoms with Gasteiger partial charge >= 0.3 is 0 Å². The Balaban J connectivity index is 2.33. The average molecular weight is 167 g/mol. The average Bonchev–Trinajstić information content (AvgIpc) is 1.94. The number of alkyl halides is 1. The molecule has 0 fully saturated rings. The third-order valence-corrected chi connectivity index (χ3v) is 2.57. The number of halogens is 1. The normalized spacial score (nSPS) is 13.9. The van der Waals surface area contributed by atoms with Crippen molar-refractivity contribution in [1.29, 1.82) is 0 Å². The van der Waals surface area contributed by atoms with Crippen molar-refractivity contribution < 1.29 is 0 Å². The van der Waals surface area contributed by atoms with E-state index < -0.39 is 0 Å². The monoisotopic (exact) mass is 166 g/mol. The van der Waals surface area contributed by atoms with E-state index in [0.717, 1.165) is 12.3 Å². The molecule has 0 atom stereocenters. The number of rotatable bonds is 2. The van der Waals surface area contributed by atoms with Crippen molar-refractivity contribution in [2.24, 2.45) is 0 Å². The summed E-state index contributed by atoms with van der Waals surface area (Å²) in [5.74, 6) is 0.746. The first-order valence-electron chi connectivity index (χ1n) is 4.07. The maximum Gasteiger partial charge on any atom is 0.0264 e. The molecule has 0 radical (unpaired) electrons. The fourth-order valence-electron chi connectivity index (χ4n) is 1.66. The molecule has 0 amide bonds. The molecule has 58 valence electrons. The smallest absolute Gasteiger partial charge is 0.0264 e. The molecule has 0 spiro atoms. The summed E-state index contributed by atoms with van der Waals surface area (Å²) in [6.07, 6.45) is 3.57. The highest BCUT2D eigenvalue weighted by Crippen LogP contribution is 2.26. The minimum atomic E-state index is 0.746. The lowest BCUT2D eigenvalue weighted by molar-refractivity contribution is 0.815. The quantitative estimate of drug-likeness (QED) is 0.593. The molecule has 1 heteroatoms. The van der Waals surface area contributed by atoms with Crippen LogP contribution >= 0.6 is 11.6 Å². The van der Waals surface area contributed by atoms with Crippen LogP contribution in [0.15, 0.2) is 18.2 Å². The van der Waals surface area contributed by atoms with Crippen LogP contribution in [0.25, 0.3) is 0 Å². The van der Waals surface area contributed by atoms with E-state index in [9.17, 15) is 0 Å². The first-order chi connectivity index (χ1) is 5.42. The van der Waals surface area contributed by atoms with Crippen molar-refractivity contribution in [2.75, 3.05) is 5.88 Å². The predicted octanol–water partition coefficient (Wildman–Crippen LogP) is 2.57. The van der Waals surface area contributed by atoms with Gasteiger partial charge in [0.05, 0.1) is 0 Å². The summed E-state index contributed by atoms with van der Waals surface area (Å²) >= 11 is 5.68. The molecule has 0 aromatic heterocycles. The number of benzene rings is 1. The first-order valence-corrected chi connectivity index (χ1v) is 4.61. The highest BCUT2D eigenvalue weighted by Gasteiger charge is 2.15. The lowest BCUT2D eigenvalue weighted by Crippen LogP contribution is -2.11. The Morgan fingerprint density at radius 3 is 2.82 bits per heavy atom. The molecular formula is C10H11Cl. The van der Waals surface area contributed by atoms with Crippen LogP contribution in [-0.4, -0.2) is 5.88 Å². The topological polar surface area (TPSA) is 0 Å². The summed E-state index contributed by atoms with van der Waals surface area (Å²) in [7, 11) is 0. The second-order valence-corrected chi connectivity index (χ2v) is 3.37. The molecule has 1 aliphatic rings. The lowest BCUT2D eigenvalue weighted by atomic mass is 9.84. The highest BCUT2D eigenvalue weighted by molar-refractivity contribution is 6.18. The van der Waals surface area contributed by atoms with E-state index >= 15 is 0 Å². The third kappa shape index (κ3) is 1.16. The molecule has 2 rings (SSSR count). The summed E-state index contributed by atoms with van der Waals surface area (Å²) in [4.78, 5) is 0. The van der Waals surface area contributed by atoms with Gasteiger partial charge in [0.15, 0.2) is 0 Å². The van der Waals surface area contributed by atoms with Gasteiger partial charge in [-0.3, -0.25) is 0 Å². The van der Waals surface area contributed by atoms with Gasteiger partial charge in [0.2, 0.25) is 0 Å². The number of fused-ring (bicyclic) bond motifs is 1. The lowest BCUT2D eigenvalue weighted by Gasteiger charge is -2.21. The second kappa shape index (κ2) is 2.86. The Labute approximate surface area is 72.2 Å². The van der Waals surface area contributed by atoms with Crippen molar-refractivity contribution in [3.8, 4) is 0 Å². The largest absolute Gasteiger partial charge is 0.126 e. The standard InChI is InChI=1S/C10H11Cl/c11-7-6-9-3-1-2-8-4-5-10(8)9/h1-3H,4-7H2. The van der Waals surface area contributed by atoms with Gasteiger partial charge in [-0.05, 0) is 36.0 Å². The number of hydrogen-bond donors (Lipinski definition) is 0. The zero-order valence-corrected chi connectivity index (χ0v) is 7.19. The molecule has 0 aliphatic heterocycles. The van der Waals surface area contributed by atoms with Crippen LogP contribution in [0.3, 0.4) is 0 Å². The van der Waals surface area contributed by atoms with Crippen LogP contribution in [0.1, 0.15) is 16.7 Å². The molecule has 0 saturated carbocycles. The molecule has 0 bridgehead atoms. The van der Waals surface area contributed by atoms with Gasteiger partial charge < -0.3 is 0 Å². The van der Waals surface area contributed by atoms with Crippen molar-refractivity contribution in [1.82, 2.24) is 0 Å². The summed E-state index contributed by atoms with van der Waals surface area (Å²) in [5, 5.41) is 0. The zero-order chi connectivity index (χ0) is 7.68. The maximum atomic E-state index is 5.68. The molecule has 1 aromatic rings. The minimum absolute atomic E-state index is 0.746. The van der Waals surface area contributed by atoms with Gasteiger partial charge in [0.1, 0.15) is 0 Å². The summed E-state index contributed by atoms with van der Waals surface area (Å²) in [6, 6.07) is 6.55. The second-order valence-electron chi connectivity index (χ2n) is 2.99. The van der Waals surface area contributed by atoms with Crippen molar-refractivity contribution >= 4 is 11.6 Å². The van der Waals surface area contributed by atoms with E-state index in [1.54, 1.807) is 5.56 Å². The van der Waals surface area contributed by atoms with E-state index in [1.165, 1.54) is 24.0 Å². The molecule has 1 aromatic carbocycles. The molecular weight excluding hydrogens is 156 g/mol. The predicted molar refractivity (Wildman–Crippen MR) is 48.3 cm³/mol. The van der Waals surface area contributed by atoms with Gasteiger partial charge in [-0.2, -0.15) is 0 Å². The van der Waals surface area contributed by atoms with Crippen molar-refractivity contribution in [3.63, 3.8) is 0 Å². The van der Waals surface area contributed by atoms with Crippen LogP contribution in [0, 0.1) is 0 Å². The Kier molecular flexibility index (Phi) is 1.87. The van der Waals surface area contributed by atoms with Gasteiger partial charge in [0, 0.05) is 5.88 Å². The summed E-state index contributed by atoms with van der Waals surface area (Å²) < 4.78 is 0. The Hall–Kier alpha value is -0.490. The molecule has 0 N–H and O–H groups in total. The molecule has 0 saturated heterocycles. The molecule has 11 heavy (non-hydrogen) atoms. The Morgan fingerprint density at radius 1 is 1.27 bits per heavy atom. The van der Waals surface area contributed by atoms with Crippen LogP contribution in [0.5, 0.6) is 0 Å². The highest BCUT2D eigenvalue weighted by atomic mass is 35.5. The van der Waals surface area contributed by atoms with E-state index in [1.807, 2.05) is 0 Å². The Bertz CT molecular complexity index is 266. The molecule has 0 nitrogen and oxygen atoms in total. The number of aryl methyl sites for hydroxylation is 2. The van der Waals surface area contributed by atoms with Gasteiger partial charge in [0.25, 0.3) is 0 Å². The molecule has 0 unspecified atom stereocenters. The van der Waals surface area contributed by atoms with E-state index in [-0.39, 0.29) is 0 Å². The minimum Gasteiger partial charge on any atom is -0.126 e. The van der Waals surface area contributed by atoms with Gasteiger partial charge in [-0.25, -0.2) is 0 Å². The molecule has 0 heterocycles. The summed E-state index contributed by atoms with van der Waals surface area (Å²) in [5.41, 5.74) is 4.56. The van der Waals surface area contributed by atoms with Crippen molar-refractivity contribution in [2.45, 2.75) is 19.3 Å². The molecule has 1 aliphatic carbocycles. The van der Waals surface area contributed by atoms with E-state index in [2.05, 4.69) is 18.2 Å². The zero-order valence-electron chi connectivity index (χ0n) is 6.44. The van der Waals surface area contributed by atoms with Crippen LogP contribution in [0.2, 0.25) is 0 Å². The number of hydrogen-bond acceptors (Lipinski definition) is 0. The summed E-state index contributed by atoms with van der Waals surface area (Å²) in [6.45, 7) is 0. The SMILES string of the molecule is ClCCc1cccc2c1CC2. The Morgan fingerprint density at radius 2 is 2.18 bits per heavy atom. The fraction of sp³-hybridized carbons (Fsp3) is 0.400. The fourth-order valence-corrected chi connectivity index (χ4v) is 1.87. The van der Waals surface area contributed by atoms with Crippen LogP contribution in [0.4, 0.5) is 0 Å². The van der Waals surface area contributed by atoms with Gasteiger partial charge in [-0.1, -0.05) is 18.2 Å².